The minimum atomic E-state index is -1.78. The molecule has 0 fully saturated rings. The van der Waals surface area contributed by atoms with Gasteiger partial charge in [-0.2, -0.15) is 0 Å². The topological polar surface area (TPSA) is 112 Å². The van der Waals surface area contributed by atoms with Gasteiger partial charge in [0.1, 0.15) is 0 Å². The lowest BCUT2D eigenvalue weighted by Gasteiger charge is -2.24. The molecule has 0 heterocycles. The van der Waals surface area contributed by atoms with Gasteiger partial charge in [-0.1, -0.05) is 36.1 Å². The quantitative estimate of drug-likeness (QED) is 0.730. The number of rotatable bonds is 3. The van der Waals surface area contributed by atoms with E-state index in [4.69, 9.17) is 10.2 Å². The zero-order valence-electron chi connectivity index (χ0n) is 11.8. The zero-order chi connectivity index (χ0) is 17.0. The smallest absolute Gasteiger partial charge is 0.336 e. The van der Waals surface area contributed by atoms with E-state index in [-0.39, 0.29) is 0 Å². The normalized spacial score (nSPS) is 19.7. The summed E-state index contributed by atoms with van der Waals surface area (Å²) in [5.41, 5.74) is -2.12. The molecular weight excluding hydrogens is 300 g/mol. The molecule has 0 saturated carbocycles. The molecule has 1 aliphatic rings. The monoisotopic (exact) mass is 312 g/mol. The van der Waals surface area contributed by atoms with Gasteiger partial charge in [-0.3, -0.25) is 4.79 Å². The number of hydrogen-bond donors (Lipinski definition) is 3. The highest BCUT2D eigenvalue weighted by Crippen LogP contribution is 2.35. The average Bonchev–Trinajstić information content (AvgIpc) is 2.53. The summed E-state index contributed by atoms with van der Waals surface area (Å²) in [6.45, 7) is 0. The second-order valence-electron chi connectivity index (χ2n) is 4.91. The largest absolute Gasteiger partial charge is 0.480 e. The zero-order valence-corrected chi connectivity index (χ0v) is 11.8. The summed E-state index contributed by atoms with van der Waals surface area (Å²) in [7, 11) is 0. The lowest BCUT2D eigenvalue weighted by Crippen LogP contribution is -2.32. The van der Waals surface area contributed by atoms with Crippen LogP contribution < -0.4 is 0 Å². The maximum atomic E-state index is 11.6. The number of carbonyl (C=O) groups is 3. The molecule has 0 saturated heterocycles. The number of carboxylic acid groups (broad SMARTS) is 3. The summed E-state index contributed by atoms with van der Waals surface area (Å²) in [5.74, 6) is 1.03. The predicted molar refractivity (Wildman–Crippen MR) is 79.4 cm³/mol. The predicted octanol–water partition coefficient (Wildman–Crippen LogP) is 1.53. The van der Waals surface area contributed by atoms with E-state index in [1.807, 2.05) is 0 Å². The van der Waals surface area contributed by atoms with Crippen molar-refractivity contribution in [1.82, 2.24) is 0 Å². The van der Waals surface area contributed by atoms with Crippen molar-refractivity contribution in [2.24, 2.45) is 5.41 Å². The molecule has 2 rings (SSSR count). The highest BCUT2D eigenvalue weighted by atomic mass is 16.4. The molecule has 6 heteroatoms. The van der Waals surface area contributed by atoms with Gasteiger partial charge in [0.15, 0.2) is 5.41 Å². The molecule has 0 radical (unpaired) electrons. The van der Waals surface area contributed by atoms with Gasteiger partial charge in [0.05, 0.1) is 11.1 Å². The van der Waals surface area contributed by atoms with Gasteiger partial charge in [-0.25, -0.2) is 9.59 Å². The van der Waals surface area contributed by atoms with Crippen molar-refractivity contribution >= 4 is 17.9 Å². The highest BCUT2D eigenvalue weighted by molar-refractivity contribution is 6.03. The van der Waals surface area contributed by atoms with E-state index in [2.05, 4.69) is 11.8 Å². The first-order valence-corrected chi connectivity index (χ1v) is 6.56. The molecule has 1 aliphatic carbocycles. The first-order valence-electron chi connectivity index (χ1n) is 6.56. The van der Waals surface area contributed by atoms with E-state index >= 15 is 0 Å². The van der Waals surface area contributed by atoms with Crippen LogP contribution in [0.15, 0.2) is 53.6 Å². The van der Waals surface area contributed by atoms with Crippen LogP contribution in [0.25, 0.3) is 0 Å². The van der Waals surface area contributed by atoms with Crippen molar-refractivity contribution in [2.75, 3.05) is 0 Å². The molecule has 1 atom stereocenters. The standard InChI is InChI=1S/C17H12O6/c18-14(19)12-7-9-17(16(22)23,10-13(12)15(20)21)8-6-11-4-2-1-3-5-11/h1-5,7,9H,10H2,(H,18,19)(H,20,21)(H,22,23). The Hall–Kier alpha value is -3.33. The van der Waals surface area contributed by atoms with Gasteiger partial charge in [0.25, 0.3) is 0 Å². The fourth-order valence-corrected chi connectivity index (χ4v) is 2.14. The van der Waals surface area contributed by atoms with Gasteiger partial charge in [-0.15, -0.1) is 0 Å². The van der Waals surface area contributed by atoms with Crippen molar-refractivity contribution in [3.05, 3.63) is 59.2 Å². The van der Waals surface area contributed by atoms with Crippen molar-refractivity contribution < 1.29 is 29.7 Å². The van der Waals surface area contributed by atoms with Crippen LogP contribution in [0, 0.1) is 17.3 Å². The maximum absolute atomic E-state index is 11.6. The first-order chi connectivity index (χ1) is 10.9. The van der Waals surface area contributed by atoms with Crippen LogP contribution in [0.3, 0.4) is 0 Å². The number of benzene rings is 1. The third kappa shape index (κ3) is 3.30. The molecule has 0 amide bonds. The second kappa shape index (κ2) is 6.20. The van der Waals surface area contributed by atoms with Crippen LogP contribution in [-0.4, -0.2) is 33.2 Å². The van der Waals surface area contributed by atoms with Crippen molar-refractivity contribution in [1.29, 1.82) is 0 Å². The van der Waals surface area contributed by atoms with Crippen LogP contribution in [0.5, 0.6) is 0 Å². The first kappa shape index (κ1) is 16.0. The maximum Gasteiger partial charge on any atom is 0.336 e. The molecule has 1 aromatic rings. The lowest BCUT2D eigenvalue weighted by atomic mass is 9.76. The molecule has 1 aromatic carbocycles. The van der Waals surface area contributed by atoms with Gasteiger partial charge in [0, 0.05) is 12.0 Å². The van der Waals surface area contributed by atoms with Crippen molar-refractivity contribution in [3.63, 3.8) is 0 Å². The SMILES string of the molecule is O=C(O)C1=C(C(=O)O)CC(C#Cc2ccccc2)(C(=O)O)C=C1. The van der Waals surface area contributed by atoms with E-state index in [9.17, 15) is 19.5 Å². The Labute approximate surface area is 131 Å². The average molecular weight is 312 g/mol. The Bertz CT molecular complexity index is 791. The lowest BCUT2D eigenvalue weighted by molar-refractivity contribution is -0.143. The van der Waals surface area contributed by atoms with Gasteiger partial charge in [-0.05, 0) is 18.2 Å². The summed E-state index contributed by atoms with van der Waals surface area (Å²) >= 11 is 0. The summed E-state index contributed by atoms with van der Waals surface area (Å²) in [5, 5.41) is 27.7. The highest BCUT2D eigenvalue weighted by Gasteiger charge is 2.41. The Balaban J connectivity index is 2.48. The Kier molecular flexibility index (Phi) is 4.32. The Morgan fingerprint density at radius 3 is 2.17 bits per heavy atom. The third-order valence-corrected chi connectivity index (χ3v) is 3.39. The number of aliphatic carboxylic acids is 3. The van der Waals surface area contributed by atoms with Gasteiger partial charge >= 0.3 is 17.9 Å². The molecule has 1 unspecified atom stereocenters. The summed E-state index contributed by atoms with van der Waals surface area (Å²) in [6.07, 6.45) is 1.60. The molecule has 0 aromatic heterocycles. The van der Waals surface area contributed by atoms with Crippen LogP contribution in [-0.2, 0) is 14.4 Å². The summed E-state index contributed by atoms with van der Waals surface area (Å²) in [4.78, 5) is 34.0. The van der Waals surface area contributed by atoms with E-state index in [0.717, 1.165) is 12.2 Å². The minimum absolute atomic E-state index is 0.434. The van der Waals surface area contributed by atoms with Gasteiger partial charge in [0.2, 0.25) is 0 Å². The summed E-state index contributed by atoms with van der Waals surface area (Å²) < 4.78 is 0. The van der Waals surface area contributed by atoms with E-state index in [0.29, 0.717) is 5.56 Å². The van der Waals surface area contributed by atoms with Crippen molar-refractivity contribution in [2.45, 2.75) is 6.42 Å². The van der Waals surface area contributed by atoms with Crippen LogP contribution in [0.1, 0.15) is 12.0 Å². The molecule has 0 spiro atoms. The van der Waals surface area contributed by atoms with Crippen LogP contribution >= 0.6 is 0 Å². The number of carboxylic acids is 3. The Morgan fingerprint density at radius 1 is 1.00 bits per heavy atom. The van der Waals surface area contributed by atoms with E-state index < -0.39 is 40.9 Å². The van der Waals surface area contributed by atoms with Gasteiger partial charge < -0.3 is 15.3 Å². The number of hydrogen-bond acceptors (Lipinski definition) is 3. The minimum Gasteiger partial charge on any atom is -0.480 e. The van der Waals surface area contributed by atoms with Crippen molar-refractivity contribution in [3.8, 4) is 11.8 Å². The molecule has 23 heavy (non-hydrogen) atoms. The molecule has 0 aliphatic heterocycles. The summed E-state index contributed by atoms with van der Waals surface area (Å²) in [6, 6.07) is 8.62. The molecule has 6 nitrogen and oxygen atoms in total. The van der Waals surface area contributed by atoms with Crippen LogP contribution in [0.2, 0.25) is 0 Å². The van der Waals surface area contributed by atoms with Crippen LogP contribution in [0.4, 0.5) is 0 Å². The fraction of sp³-hybridized carbons (Fsp3) is 0.118. The van der Waals surface area contributed by atoms with E-state index in [1.54, 1.807) is 30.3 Å². The molecule has 116 valence electrons. The van der Waals surface area contributed by atoms with E-state index in [1.165, 1.54) is 0 Å². The molecule has 3 N–H and O–H groups in total. The molecular formula is C17H12O6. The second-order valence-corrected chi connectivity index (χ2v) is 4.91. The third-order valence-electron chi connectivity index (χ3n) is 3.39. The molecule has 0 bridgehead atoms. The Morgan fingerprint density at radius 2 is 1.65 bits per heavy atom. The fourth-order valence-electron chi connectivity index (χ4n) is 2.14.